The Hall–Kier alpha value is -2.04. The molecule has 1 aromatic carbocycles. The number of aromatic nitrogens is 2. The highest BCUT2D eigenvalue weighted by atomic mass is 19.1. The molecular weight excluding hydrogens is 418 g/mol. The van der Waals surface area contributed by atoms with Crippen LogP contribution in [0.5, 0.6) is 5.75 Å². The fourth-order valence-corrected chi connectivity index (χ4v) is 3.93. The van der Waals surface area contributed by atoms with Crippen LogP contribution >= 0.6 is 0 Å². The van der Waals surface area contributed by atoms with Gasteiger partial charge in [-0.15, -0.1) is 0 Å². The highest BCUT2D eigenvalue weighted by molar-refractivity contribution is 5.55. The summed E-state index contributed by atoms with van der Waals surface area (Å²) in [6.07, 6.45) is 14.5. The van der Waals surface area contributed by atoms with Crippen molar-refractivity contribution in [3.8, 4) is 17.1 Å². The molecule has 0 fully saturated rings. The molecule has 0 saturated heterocycles. The summed E-state index contributed by atoms with van der Waals surface area (Å²) in [5, 5.41) is 0. The van der Waals surface area contributed by atoms with Crippen LogP contribution in [0, 0.1) is 0 Å². The zero-order chi connectivity index (χ0) is 23.7. The van der Waals surface area contributed by atoms with E-state index in [-0.39, 0.29) is 19.4 Å². The molecule has 2 unspecified atom stereocenters. The Balaban J connectivity index is 1.67. The largest absolute Gasteiger partial charge is 0.493 e. The highest BCUT2D eigenvalue weighted by Gasteiger charge is 2.14. The zero-order valence-corrected chi connectivity index (χ0v) is 20.6. The van der Waals surface area contributed by atoms with Gasteiger partial charge >= 0.3 is 0 Å². The van der Waals surface area contributed by atoms with Gasteiger partial charge in [-0.05, 0) is 49.1 Å². The van der Waals surface area contributed by atoms with Crippen molar-refractivity contribution in [2.24, 2.45) is 0 Å². The average molecular weight is 461 g/mol. The molecule has 1 aromatic heterocycles. The number of alkyl halides is 2. The third-order valence-electron chi connectivity index (χ3n) is 5.95. The number of halogens is 2. The molecule has 0 bridgehead atoms. The van der Waals surface area contributed by atoms with Crippen LogP contribution in [0.15, 0.2) is 36.7 Å². The molecule has 2 atom stereocenters. The predicted molar refractivity (Wildman–Crippen MR) is 133 cm³/mol. The Kier molecular flexibility index (Phi) is 13.6. The number of hydrogen-bond donors (Lipinski definition) is 0. The van der Waals surface area contributed by atoms with Gasteiger partial charge in [0.25, 0.3) is 0 Å². The molecule has 5 heteroatoms. The second kappa shape index (κ2) is 16.6. The highest BCUT2D eigenvalue weighted by Crippen LogP contribution is 2.21. The summed E-state index contributed by atoms with van der Waals surface area (Å²) in [5.41, 5.74) is 2.10. The van der Waals surface area contributed by atoms with Gasteiger partial charge in [-0.1, -0.05) is 65.2 Å². The van der Waals surface area contributed by atoms with Gasteiger partial charge in [0.2, 0.25) is 0 Å². The van der Waals surface area contributed by atoms with E-state index in [1.807, 2.05) is 43.6 Å². The van der Waals surface area contributed by atoms with Crippen LogP contribution in [0.4, 0.5) is 8.78 Å². The van der Waals surface area contributed by atoms with Gasteiger partial charge < -0.3 is 4.74 Å². The van der Waals surface area contributed by atoms with Crippen LogP contribution in [-0.4, -0.2) is 28.9 Å². The maximum atomic E-state index is 13.8. The molecule has 0 N–H and O–H groups in total. The van der Waals surface area contributed by atoms with Gasteiger partial charge in [0.1, 0.15) is 18.1 Å². The molecule has 2 rings (SSSR count). The minimum atomic E-state index is -1.16. The Morgan fingerprint density at radius 3 is 2.00 bits per heavy atom. The molecule has 0 saturated carbocycles. The number of ether oxygens (including phenoxy) is 1. The summed E-state index contributed by atoms with van der Waals surface area (Å²) in [6, 6.07) is 7.51. The first-order chi connectivity index (χ1) is 16.1. The lowest BCUT2D eigenvalue weighted by atomic mass is 10.1. The number of benzene rings is 1. The molecule has 0 aliphatic carbocycles. The summed E-state index contributed by atoms with van der Waals surface area (Å²) in [7, 11) is 0. The number of aryl methyl sites for hydroxylation is 1. The fraction of sp³-hybridized carbons (Fsp3) is 0.643. The molecule has 0 amide bonds. The van der Waals surface area contributed by atoms with E-state index in [4.69, 9.17) is 4.74 Å². The predicted octanol–water partition coefficient (Wildman–Crippen LogP) is 8.46. The Morgan fingerprint density at radius 1 is 0.758 bits per heavy atom. The summed E-state index contributed by atoms with van der Waals surface area (Å²) in [6.45, 7) is 4.40. The molecule has 0 aliphatic heterocycles. The van der Waals surface area contributed by atoms with Crippen molar-refractivity contribution in [2.75, 3.05) is 6.61 Å². The Bertz CT molecular complexity index is 737. The van der Waals surface area contributed by atoms with E-state index < -0.39 is 12.3 Å². The van der Waals surface area contributed by atoms with Crippen molar-refractivity contribution in [1.82, 2.24) is 9.97 Å². The van der Waals surface area contributed by atoms with Crippen LogP contribution in [0.1, 0.15) is 96.5 Å². The quantitative estimate of drug-likeness (QED) is 0.209. The van der Waals surface area contributed by atoms with Crippen molar-refractivity contribution in [1.29, 1.82) is 0 Å². The van der Waals surface area contributed by atoms with Gasteiger partial charge in [-0.2, -0.15) is 0 Å². The van der Waals surface area contributed by atoms with Crippen molar-refractivity contribution in [2.45, 2.75) is 110 Å². The van der Waals surface area contributed by atoms with Crippen LogP contribution in [-0.2, 0) is 6.42 Å². The third kappa shape index (κ3) is 11.6. The number of hydrogen-bond acceptors (Lipinski definition) is 3. The molecular formula is C28H42F2N2O. The first kappa shape index (κ1) is 27.2. The van der Waals surface area contributed by atoms with Crippen molar-refractivity contribution < 1.29 is 13.5 Å². The van der Waals surface area contributed by atoms with E-state index >= 15 is 0 Å². The van der Waals surface area contributed by atoms with Gasteiger partial charge in [0.05, 0.1) is 6.61 Å². The number of nitrogens with zero attached hydrogens (tertiary/aromatic N) is 2. The van der Waals surface area contributed by atoms with Gasteiger partial charge in [0, 0.05) is 30.8 Å². The van der Waals surface area contributed by atoms with Gasteiger partial charge in [-0.25, -0.2) is 18.7 Å². The average Bonchev–Trinajstić information content (AvgIpc) is 2.82. The molecule has 1 heterocycles. The minimum Gasteiger partial charge on any atom is -0.493 e. The summed E-state index contributed by atoms with van der Waals surface area (Å²) in [5.74, 6) is 1.36. The fourth-order valence-electron chi connectivity index (χ4n) is 3.93. The first-order valence-corrected chi connectivity index (χ1v) is 12.9. The van der Waals surface area contributed by atoms with E-state index in [2.05, 4.69) is 16.9 Å². The molecule has 2 aromatic rings. The van der Waals surface area contributed by atoms with Gasteiger partial charge in [-0.3, -0.25) is 0 Å². The van der Waals surface area contributed by atoms with Crippen molar-refractivity contribution >= 4 is 0 Å². The van der Waals surface area contributed by atoms with Crippen molar-refractivity contribution in [3.63, 3.8) is 0 Å². The Labute approximate surface area is 199 Å². The summed E-state index contributed by atoms with van der Waals surface area (Å²) in [4.78, 5) is 9.04. The standard InChI is InChI=1S/C28H42F2N2O/c1-3-5-6-7-8-9-10-11-13-23-21-31-28(32-22-23)24-14-16-27(17-15-24)33-19-18-26(30)20-25(29)12-4-2/h14-17,21-22,25-26H,3-13,18-20H2,1-2H3. The van der Waals surface area contributed by atoms with E-state index in [1.165, 1.54) is 56.9 Å². The van der Waals surface area contributed by atoms with Crippen LogP contribution in [0.25, 0.3) is 11.4 Å². The van der Waals surface area contributed by atoms with Gasteiger partial charge in [0.15, 0.2) is 5.82 Å². The first-order valence-electron chi connectivity index (χ1n) is 12.9. The van der Waals surface area contributed by atoms with E-state index in [0.717, 1.165) is 18.4 Å². The molecule has 33 heavy (non-hydrogen) atoms. The van der Waals surface area contributed by atoms with E-state index in [0.29, 0.717) is 18.0 Å². The summed E-state index contributed by atoms with van der Waals surface area (Å²) < 4.78 is 32.9. The lowest BCUT2D eigenvalue weighted by Gasteiger charge is -2.12. The van der Waals surface area contributed by atoms with E-state index in [1.54, 1.807) is 0 Å². The second-order valence-electron chi connectivity index (χ2n) is 9.02. The maximum Gasteiger partial charge on any atom is 0.159 e. The zero-order valence-electron chi connectivity index (χ0n) is 20.6. The van der Waals surface area contributed by atoms with E-state index in [9.17, 15) is 8.78 Å². The molecule has 0 aliphatic rings. The number of rotatable bonds is 18. The van der Waals surface area contributed by atoms with Crippen LogP contribution in [0.2, 0.25) is 0 Å². The van der Waals surface area contributed by atoms with Crippen molar-refractivity contribution in [3.05, 3.63) is 42.2 Å². The topological polar surface area (TPSA) is 35.0 Å². The summed E-state index contributed by atoms with van der Waals surface area (Å²) >= 11 is 0. The molecule has 3 nitrogen and oxygen atoms in total. The Morgan fingerprint density at radius 2 is 1.36 bits per heavy atom. The lowest BCUT2D eigenvalue weighted by Crippen LogP contribution is -2.13. The third-order valence-corrected chi connectivity index (χ3v) is 5.95. The van der Waals surface area contributed by atoms with Crippen LogP contribution < -0.4 is 4.74 Å². The number of unbranched alkanes of at least 4 members (excludes halogenated alkanes) is 7. The normalized spacial score (nSPS) is 13.1. The maximum absolute atomic E-state index is 13.8. The monoisotopic (exact) mass is 460 g/mol. The minimum absolute atomic E-state index is 0.0392. The van der Waals surface area contributed by atoms with Crippen LogP contribution in [0.3, 0.4) is 0 Å². The molecule has 0 spiro atoms. The molecule has 0 radical (unpaired) electrons. The molecule has 184 valence electrons. The lowest BCUT2D eigenvalue weighted by molar-refractivity contribution is 0.176. The smallest absolute Gasteiger partial charge is 0.159 e. The SMILES string of the molecule is CCCCCCCCCCc1cnc(-c2ccc(OCCC(F)CC(F)CCC)cc2)nc1. The second-order valence-corrected chi connectivity index (χ2v) is 9.02.